The molecule has 0 aliphatic carbocycles. The summed E-state index contributed by atoms with van der Waals surface area (Å²) in [6.45, 7) is 5.14. The van der Waals surface area contributed by atoms with Crippen molar-refractivity contribution in [2.75, 3.05) is 7.05 Å². The summed E-state index contributed by atoms with van der Waals surface area (Å²) in [5.41, 5.74) is 0. The van der Waals surface area contributed by atoms with E-state index in [4.69, 9.17) is 9.52 Å². The fraction of sp³-hybridized carbons (Fsp3) is 0.636. The number of nitrogens with zero attached hydrogens (tertiary/aromatic N) is 1. The van der Waals surface area contributed by atoms with Crippen LogP contribution in [0.15, 0.2) is 16.5 Å². The fourth-order valence-electron chi connectivity index (χ4n) is 1.31. The number of aliphatic hydroxyl groups is 1. The predicted molar refractivity (Wildman–Crippen MR) is 55.9 cm³/mol. The van der Waals surface area contributed by atoms with Gasteiger partial charge in [-0.2, -0.15) is 0 Å². The van der Waals surface area contributed by atoms with Gasteiger partial charge >= 0.3 is 0 Å². The third kappa shape index (κ3) is 2.86. The van der Waals surface area contributed by atoms with E-state index in [2.05, 4.69) is 25.8 Å². The maximum Gasteiger partial charge on any atom is 0.129 e. The minimum Gasteiger partial charge on any atom is -0.462 e. The Kier molecular flexibility index (Phi) is 4.17. The summed E-state index contributed by atoms with van der Waals surface area (Å²) in [4.78, 5) is 2.24. The molecule has 1 rings (SSSR count). The minimum atomic E-state index is -0.0208. The molecule has 0 saturated carbocycles. The Labute approximate surface area is 85.3 Å². The summed E-state index contributed by atoms with van der Waals surface area (Å²) in [7, 11) is 2.08. The van der Waals surface area contributed by atoms with Crippen LogP contribution in [-0.2, 0) is 13.2 Å². The molecule has 0 spiro atoms. The third-order valence-electron chi connectivity index (χ3n) is 2.62. The minimum absolute atomic E-state index is 0.0208. The van der Waals surface area contributed by atoms with Crippen molar-refractivity contribution in [3.05, 3.63) is 23.7 Å². The first-order chi connectivity index (χ1) is 6.67. The molecule has 1 atom stereocenters. The largest absolute Gasteiger partial charge is 0.462 e. The standard InChI is InChI=1S/C11H19NO2/c1-4-9(2)12(3)7-10-5-6-11(8-13)14-10/h5-6,9,13H,4,7-8H2,1-3H3. The first-order valence-corrected chi connectivity index (χ1v) is 5.06. The van der Waals surface area contributed by atoms with Crippen LogP contribution in [0.1, 0.15) is 31.8 Å². The Morgan fingerprint density at radius 1 is 1.43 bits per heavy atom. The first-order valence-electron chi connectivity index (χ1n) is 5.06. The molecule has 14 heavy (non-hydrogen) atoms. The summed E-state index contributed by atoms with van der Waals surface area (Å²) in [5.74, 6) is 1.55. The van der Waals surface area contributed by atoms with Gasteiger partial charge in [0.15, 0.2) is 0 Å². The van der Waals surface area contributed by atoms with Crippen LogP contribution in [0.4, 0.5) is 0 Å². The molecule has 0 aliphatic rings. The van der Waals surface area contributed by atoms with Crippen molar-refractivity contribution < 1.29 is 9.52 Å². The van der Waals surface area contributed by atoms with Crippen molar-refractivity contribution in [1.82, 2.24) is 4.90 Å². The summed E-state index contributed by atoms with van der Waals surface area (Å²) < 4.78 is 5.41. The number of aliphatic hydroxyl groups excluding tert-OH is 1. The Morgan fingerprint density at radius 2 is 2.07 bits per heavy atom. The molecule has 1 aromatic heterocycles. The molecule has 3 nitrogen and oxygen atoms in total. The quantitative estimate of drug-likeness (QED) is 0.784. The number of hydrogen-bond donors (Lipinski definition) is 1. The van der Waals surface area contributed by atoms with Crippen LogP contribution >= 0.6 is 0 Å². The monoisotopic (exact) mass is 197 g/mol. The summed E-state index contributed by atoms with van der Waals surface area (Å²) in [6, 6.07) is 4.29. The van der Waals surface area contributed by atoms with E-state index >= 15 is 0 Å². The van der Waals surface area contributed by atoms with Gasteiger partial charge in [-0.3, -0.25) is 4.90 Å². The van der Waals surface area contributed by atoms with Crippen LogP contribution in [0.5, 0.6) is 0 Å². The summed E-state index contributed by atoms with van der Waals surface area (Å²) in [6.07, 6.45) is 1.13. The maximum absolute atomic E-state index is 8.83. The van der Waals surface area contributed by atoms with Crippen molar-refractivity contribution in [3.8, 4) is 0 Å². The lowest BCUT2D eigenvalue weighted by Crippen LogP contribution is -2.27. The summed E-state index contributed by atoms with van der Waals surface area (Å²) >= 11 is 0. The number of furan rings is 1. The van der Waals surface area contributed by atoms with Crippen LogP contribution < -0.4 is 0 Å². The van der Waals surface area contributed by atoms with Gasteiger partial charge in [0, 0.05) is 6.04 Å². The van der Waals surface area contributed by atoms with Crippen molar-refractivity contribution >= 4 is 0 Å². The van der Waals surface area contributed by atoms with Crippen molar-refractivity contribution in [1.29, 1.82) is 0 Å². The summed E-state index contributed by atoms with van der Waals surface area (Å²) in [5, 5.41) is 8.83. The average Bonchev–Trinajstić information content (AvgIpc) is 2.64. The molecule has 0 amide bonds. The molecule has 0 bridgehead atoms. The van der Waals surface area contributed by atoms with Gasteiger partial charge in [-0.1, -0.05) is 6.92 Å². The highest BCUT2D eigenvalue weighted by atomic mass is 16.4. The van der Waals surface area contributed by atoms with E-state index in [1.807, 2.05) is 12.1 Å². The third-order valence-corrected chi connectivity index (χ3v) is 2.62. The van der Waals surface area contributed by atoms with Gasteiger partial charge in [0.05, 0.1) is 6.54 Å². The van der Waals surface area contributed by atoms with E-state index in [-0.39, 0.29) is 6.61 Å². The van der Waals surface area contributed by atoms with E-state index in [1.54, 1.807) is 0 Å². The van der Waals surface area contributed by atoms with Crippen LogP contribution in [0.25, 0.3) is 0 Å². The molecule has 1 N–H and O–H groups in total. The second kappa shape index (κ2) is 5.17. The van der Waals surface area contributed by atoms with Crippen LogP contribution in [0.3, 0.4) is 0 Å². The lowest BCUT2D eigenvalue weighted by molar-refractivity contribution is 0.208. The van der Waals surface area contributed by atoms with E-state index in [0.717, 1.165) is 18.7 Å². The number of hydrogen-bond acceptors (Lipinski definition) is 3. The fourth-order valence-corrected chi connectivity index (χ4v) is 1.31. The van der Waals surface area contributed by atoms with Crippen LogP contribution in [-0.4, -0.2) is 23.1 Å². The smallest absolute Gasteiger partial charge is 0.129 e. The zero-order valence-corrected chi connectivity index (χ0v) is 9.16. The highest BCUT2D eigenvalue weighted by molar-refractivity contribution is 5.06. The van der Waals surface area contributed by atoms with Crippen molar-refractivity contribution in [2.24, 2.45) is 0 Å². The van der Waals surface area contributed by atoms with Crippen molar-refractivity contribution in [3.63, 3.8) is 0 Å². The van der Waals surface area contributed by atoms with Gasteiger partial charge in [-0.05, 0) is 32.5 Å². The van der Waals surface area contributed by atoms with Gasteiger partial charge in [0.1, 0.15) is 18.1 Å². The van der Waals surface area contributed by atoms with E-state index in [9.17, 15) is 0 Å². The average molecular weight is 197 g/mol. The van der Waals surface area contributed by atoms with E-state index in [1.165, 1.54) is 0 Å². The molecule has 0 saturated heterocycles. The maximum atomic E-state index is 8.83. The number of rotatable bonds is 5. The lowest BCUT2D eigenvalue weighted by atomic mass is 10.2. The Morgan fingerprint density at radius 3 is 2.57 bits per heavy atom. The topological polar surface area (TPSA) is 36.6 Å². The lowest BCUT2D eigenvalue weighted by Gasteiger charge is -2.21. The van der Waals surface area contributed by atoms with Crippen LogP contribution in [0, 0.1) is 0 Å². The molecule has 0 aliphatic heterocycles. The molecule has 1 aromatic rings. The molecular formula is C11H19NO2. The first kappa shape index (κ1) is 11.3. The van der Waals surface area contributed by atoms with Gasteiger partial charge in [-0.15, -0.1) is 0 Å². The second-order valence-corrected chi connectivity index (χ2v) is 3.70. The Bertz CT molecular complexity index is 270. The molecule has 0 aromatic carbocycles. The van der Waals surface area contributed by atoms with Crippen LogP contribution in [0.2, 0.25) is 0 Å². The molecule has 80 valence electrons. The normalized spacial score (nSPS) is 13.5. The second-order valence-electron chi connectivity index (χ2n) is 3.70. The molecule has 0 fully saturated rings. The Hall–Kier alpha value is -0.800. The predicted octanol–water partition coefficient (Wildman–Crippen LogP) is 2.00. The molecular weight excluding hydrogens is 178 g/mol. The van der Waals surface area contributed by atoms with E-state index < -0.39 is 0 Å². The molecule has 0 radical (unpaired) electrons. The molecule has 1 unspecified atom stereocenters. The highest BCUT2D eigenvalue weighted by Gasteiger charge is 2.09. The van der Waals surface area contributed by atoms with Gasteiger partial charge < -0.3 is 9.52 Å². The van der Waals surface area contributed by atoms with Gasteiger partial charge in [0.2, 0.25) is 0 Å². The zero-order chi connectivity index (χ0) is 10.6. The SMILES string of the molecule is CCC(C)N(C)Cc1ccc(CO)o1. The Balaban J connectivity index is 2.51. The molecule has 1 heterocycles. The van der Waals surface area contributed by atoms with Crippen molar-refractivity contribution in [2.45, 2.75) is 39.5 Å². The highest BCUT2D eigenvalue weighted by Crippen LogP contribution is 2.12. The van der Waals surface area contributed by atoms with E-state index in [0.29, 0.717) is 11.8 Å². The van der Waals surface area contributed by atoms with Gasteiger partial charge in [-0.25, -0.2) is 0 Å². The molecule has 3 heteroatoms. The zero-order valence-electron chi connectivity index (χ0n) is 9.16. The van der Waals surface area contributed by atoms with Gasteiger partial charge in [0.25, 0.3) is 0 Å².